The molecule has 0 spiro atoms. The van der Waals surface area contributed by atoms with Crippen LogP contribution in [-0.2, 0) is 16.1 Å². The van der Waals surface area contributed by atoms with E-state index in [0.29, 0.717) is 22.5 Å². The van der Waals surface area contributed by atoms with Crippen LogP contribution >= 0.6 is 22.7 Å². The lowest BCUT2D eigenvalue weighted by Gasteiger charge is -2.07. The summed E-state index contributed by atoms with van der Waals surface area (Å²) >= 11 is 3.09. The van der Waals surface area contributed by atoms with Crippen molar-refractivity contribution in [2.24, 2.45) is 5.92 Å². The molecule has 1 atom stereocenters. The molecule has 5 nitrogen and oxygen atoms in total. The van der Waals surface area contributed by atoms with Gasteiger partial charge in [0.25, 0.3) is 5.56 Å². The average Bonchev–Trinajstić information content (AvgIpc) is 3.33. The van der Waals surface area contributed by atoms with E-state index >= 15 is 0 Å². The number of fused-ring (bicyclic) bond motifs is 1. The third-order valence-electron chi connectivity index (χ3n) is 4.41. The Labute approximate surface area is 158 Å². The Kier molecular flexibility index (Phi) is 4.74. The van der Waals surface area contributed by atoms with Crippen molar-refractivity contribution < 1.29 is 9.53 Å². The Balaban J connectivity index is 1.51. The first-order chi connectivity index (χ1) is 12.6. The topological polar surface area (TPSA) is 72.0 Å². The van der Waals surface area contributed by atoms with Crippen molar-refractivity contribution in [3.8, 4) is 10.4 Å². The average molecular weight is 386 g/mol. The zero-order valence-electron chi connectivity index (χ0n) is 14.3. The van der Waals surface area contributed by atoms with E-state index in [-0.39, 0.29) is 24.1 Å². The lowest BCUT2D eigenvalue weighted by Crippen LogP contribution is -2.15. The first-order valence-electron chi connectivity index (χ1n) is 8.49. The highest BCUT2D eigenvalue weighted by Crippen LogP contribution is 2.35. The number of carbonyl (C=O) groups excluding carboxylic acids is 1. The molecule has 0 unspecified atom stereocenters. The fraction of sp³-hybridized carbons (Fsp3) is 0.316. The summed E-state index contributed by atoms with van der Waals surface area (Å²) in [4.78, 5) is 34.6. The maximum Gasteiger partial charge on any atom is 0.306 e. The Hall–Kier alpha value is -2.25. The van der Waals surface area contributed by atoms with E-state index in [4.69, 9.17) is 4.74 Å². The molecule has 1 aliphatic carbocycles. The number of hydrogen-bond donors (Lipinski definition) is 1. The van der Waals surface area contributed by atoms with Gasteiger partial charge in [-0.15, -0.1) is 22.7 Å². The zero-order chi connectivity index (χ0) is 18.1. The molecule has 3 aromatic heterocycles. The lowest BCUT2D eigenvalue weighted by molar-refractivity contribution is -0.145. The summed E-state index contributed by atoms with van der Waals surface area (Å²) in [6, 6.07) is 4.06. The first kappa shape index (κ1) is 17.2. The smallest absolute Gasteiger partial charge is 0.306 e. The van der Waals surface area contributed by atoms with Crippen molar-refractivity contribution in [3.05, 3.63) is 50.7 Å². The molecule has 0 bridgehead atoms. The summed E-state index contributed by atoms with van der Waals surface area (Å²) in [7, 11) is 0. The number of rotatable bonds is 5. The van der Waals surface area contributed by atoms with E-state index < -0.39 is 0 Å². The van der Waals surface area contributed by atoms with Crippen LogP contribution in [0.25, 0.3) is 20.7 Å². The normalized spacial score (nSPS) is 16.4. The molecular formula is C19H18N2O3S2. The highest BCUT2D eigenvalue weighted by Gasteiger charge is 2.17. The van der Waals surface area contributed by atoms with Crippen LogP contribution in [-0.4, -0.2) is 15.9 Å². The van der Waals surface area contributed by atoms with Gasteiger partial charge in [-0.1, -0.05) is 12.2 Å². The maximum absolute atomic E-state index is 12.6. The number of esters is 1. The Morgan fingerprint density at radius 3 is 3.04 bits per heavy atom. The molecule has 134 valence electrons. The molecule has 1 N–H and O–H groups in total. The molecule has 3 aromatic rings. The van der Waals surface area contributed by atoms with Crippen molar-refractivity contribution in [3.63, 3.8) is 0 Å². The van der Waals surface area contributed by atoms with Gasteiger partial charge in [-0.05, 0) is 37.8 Å². The van der Waals surface area contributed by atoms with Gasteiger partial charge in [0, 0.05) is 20.7 Å². The van der Waals surface area contributed by atoms with E-state index in [2.05, 4.69) is 22.1 Å². The molecule has 26 heavy (non-hydrogen) atoms. The summed E-state index contributed by atoms with van der Waals surface area (Å²) in [6.07, 6.45) is 6.55. The Morgan fingerprint density at radius 2 is 2.31 bits per heavy atom. The van der Waals surface area contributed by atoms with E-state index in [1.165, 1.54) is 16.2 Å². The second kappa shape index (κ2) is 7.17. The zero-order valence-corrected chi connectivity index (χ0v) is 15.9. The molecule has 1 aliphatic rings. The second-order valence-corrected chi connectivity index (χ2v) is 8.53. The molecule has 0 aliphatic heterocycles. The van der Waals surface area contributed by atoms with E-state index in [0.717, 1.165) is 23.3 Å². The van der Waals surface area contributed by atoms with E-state index in [9.17, 15) is 9.59 Å². The molecule has 0 amide bonds. The van der Waals surface area contributed by atoms with Gasteiger partial charge in [-0.2, -0.15) is 0 Å². The number of ether oxygens (including phenoxy) is 1. The first-order valence-corrected chi connectivity index (χ1v) is 10.2. The molecule has 4 rings (SSSR count). The minimum atomic E-state index is -0.259. The number of nitrogens with zero attached hydrogens (tertiary/aromatic N) is 1. The summed E-state index contributed by atoms with van der Waals surface area (Å²) in [6.45, 7) is 2.03. The van der Waals surface area contributed by atoms with Crippen LogP contribution in [0.15, 0.2) is 34.5 Å². The summed E-state index contributed by atoms with van der Waals surface area (Å²) in [5, 5.41) is 2.56. The van der Waals surface area contributed by atoms with Crippen LogP contribution in [0.3, 0.4) is 0 Å². The number of thiophene rings is 2. The monoisotopic (exact) mass is 386 g/mol. The van der Waals surface area contributed by atoms with Crippen molar-refractivity contribution in [2.75, 3.05) is 0 Å². The van der Waals surface area contributed by atoms with Crippen molar-refractivity contribution >= 4 is 38.9 Å². The van der Waals surface area contributed by atoms with Crippen LogP contribution in [0.1, 0.15) is 30.0 Å². The third-order valence-corrected chi connectivity index (χ3v) is 6.32. The van der Waals surface area contributed by atoms with Gasteiger partial charge in [0.2, 0.25) is 0 Å². The van der Waals surface area contributed by atoms with Crippen molar-refractivity contribution in [1.82, 2.24) is 9.97 Å². The van der Waals surface area contributed by atoms with Gasteiger partial charge >= 0.3 is 5.97 Å². The van der Waals surface area contributed by atoms with Gasteiger partial charge < -0.3 is 9.72 Å². The SMILES string of the molecule is Cc1ccc(-c2csc3nc(COC(=O)C[C@H]4C=CCC4)[nH]c(=O)c23)s1. The number of nitrogens with one attached hydrogen (secondary N) is 1. The number of aromatic nitrogens is 2. The lowest BCUT2D eigenvalue weighted by atomic mass is 10.1. The number of hydrogen-bond acceptors (Lipinski definition) is 6. The maximum atomic E-state index is 12.6. The van der Waals surface area contributed by atoms with Gasteiger partial charge in [-0.25, -0.2) is 4.98 Å². The number of aryl methyl sites for hydroxylation is 1. The third kappa shape index (κ3) is 3.50. The molecular weight excluding hydrogens is 368 g/mol. The predicted molar refractivity (Wildman–Crippen MR) is 105 cm³/mol. The largest absolute Gasteiger partial charge is 0.457 e. The van der Waals surface area contributed by atoms with Crippen LogP contribution in [0, 0.1) is 12.8 Å². The second-order valence-electron chi connectivity index (χ2n) is 6.38. The van der Waals surface area contributed by atoms with Crippen LogP contribution in [0.2, 0.25) is 0 Å². The van der Waals surface area contributed by atoms with Gasteiger partial charge in [0.05, 0.1) is 11.8 Å². The van der Waals surface area contributed by atoms with Crippen LogP contribution in [0.5, 0.6) is 0 Å². The summed E-state index contributed by atoms with van der Waals surface area (Å²) in [5.41, 5.74) is 0.718. The molecule has 0 aromatic carbocycles. The van der Waals surface area contributed by atoms with Crippen LogP contribution < -0.4 is 5.56 Å². The van der Waals surface area contributed by atoms with E-state index in [1.807, 2.05) is 24.4 Å². The molecule has 7 heteroatoms. The quantitative estimate of drug-likeness (QED) is 0.520. The molecule has 0 saturated heterocycles. The molecule has 0 radical (unpaired) electrons. The van der Waals surface area contributed by atoms with Crippen LogP contribution in [0.4, 0.5) is 0 Å². The summed E-state index contributed by atoms with van der Waals surface area (Å²) < 4.78 is 5.29. The van der Waals surface area contributed by atoms with Gasteiger partial charge in [0.1, 0.15) is 17.3 Å². The van der Waals surface area contributed by atoms with Crippen molar-refractivity contribution in [1.29, 1.82) is 0 Å². The number of allylic oxidation sites excluding steroid dienone is 2. The number of carbonyl (C=O) groups is 1. The molecule has 0 saturated carbocycles. The van der Waals surface area contributed by atoms with Gasteiger partial charge in [0.15, 0.2) is 0 Å². The minimum absolute atomic E-state index is 0.00814. The van der Waals surface area contributed by atoms with E-state index in [1.54, 1.807) is 11.3 Å². The minimum Gasteiger partial charge on any atom is -0.457 e. The molecule has 0 fully saturated rings. The van der Waals surface area contributed by atoms with Crippen molar-refractivity contribution in [2.45, 2.75) is 32.8 Å². The highest BCUT2D eigenvalue weighted by atomic mass is 32.1. The standard InChI is InChI=1S/C19H18N2O3S2/c1-11-6-7-14(26-11)13-10-25-19-17(13)18(23)20-15(21-19)9-24-16(22)8-12-4-2-3-5-12/h2,4,6-7,10,12H,3,5,8-9H2,1H3,(H,20,21,23)/t12-/m0/s1. The molecule has 3 heterocycles. The highest BCUT2D eigenvalue weighted by molar-refractivity contribution is 7.19. The predicted octanol–water partition coefficient (Wildman–Crippen LogP) is 4.42. The number of aromatic amines is 1. The Bertz CT molecular complexity index is 1040. The van der Waals surface area contributed by atoms with Gasteiger partial charge in [-0.3, -0.25) is 9.59 Å². The fourth-order valence-electron chi connectivity index (χ4n) is 3.11. The Morgan fingerprint density at radius 1 is 1.42 bits per heavy atom. The fourth-order valence-corrected chi connectivity index (χ4v) is 5.03. The summed E-state index contributed by atoms with van der Waals surface area (Å²) in [5.74, 6) is 0.393. The number of H-pyrrole nitrogens is 1.